The summed E-state index contributed by atoms with van der Waals surface area (Å²) in [5.41, 5.74) is 5.97. The highest BCUT2D eigenvalue weighted by molar-refractivity contribution is 7.99. The zero-order valence-electron chi connectivity index (χ0n) is 9.33. The van der Waals surface area contributed by atoms with Gasteiger partial charge in [0.1, 0.15) is 5.76 Å². The lowest BCUT2D eigenvalue weighted by Crippen LogP contribution is -2.22. The Balaban J connectivity index is 2.15. The van der Waals surface area contributed by atoms with Crippen molar-refractivity contribution in [2.24, 2.45) is 12.8 Å². The van der Waals surface area contributed by atoms with E-state index in [1.54, 1.807) is 22.7 Å². The van der Waals surface area contributed by atoms with Crippen LogP contribution in [0.25, 0.3) is 0 Å². The van der Waals surface area contributed by atoms with Gasteiger partial charge in [-0.3, -0.25) is 4.68 Å². The highest BCUT2D eigenvalue weighted by Crippen LogP contribution is 2.36. The summed E-state index contributed by atoms with van der Waals surface area (Å²) >= 11 is 1.67. The first-order valence-corrected chi connectivity index (χ1v) is 5.99. The highest BCUT2D eigenvalue weighted by atomic mass is 32.2. The van der Waals surface area contributed by atoms with E-state index < -0.39 is 0 Å². The molecule has 0 fully saturated rings. The summed E-state index contributed by atoms with van der Waals surface area (Å²) in [5.74, 6) is 0.906. The quantitative estimate of drug-likeness (QED) is 0.828. The molecule has 0 spiro atoms. The van der Waals surface area contributed by atoms with Crippen molar-refractivity contribution in [1.29, 1.82) is 0 Å². The monoisotopic (exact) mass is 237 g/mol. The van der Waals surface area contributed by atoms with E-state index in [2.05, 4.69) is 5.10 Å². The number of aromatic nitrogens is 2. The molecule has 0 aliphatic carbocycles. The largest absolute Gasteiger partial charge is 0.468 e. The van der Waals surface area contributed by atoms with Crippen molar-refractivity contribution in [1.82, 2.24) is 9.78 Å². The Labute approximate surface area is 98.8 Å². The Morgan fingerprint density at radius 2 is 2.38 bits per heavy atom. The lowest BCUT2D eigenvalue weighted by molar-refractivity contribution is 0.487. The fourth-order valence-electron chi connectivity index (χ4n) is 1.48. The zero-order valence-corrected chi connectivity index (χ0v) is 10.1. The molecular weight excluding hydrogens is 222 g/mol. The van der Waals surface area contributed by atoms with Crippen molar-refractivity contribution >= 4 is 11.8 Å². The molecule has 0 radical (unpaired) electrons. The van der Waals surface area contributed by atoms with E-state index >= 15 is 0 Å². The molecule has 2 heterocycles. The summed E-state index contributed by atoms with van der Waals surface area (Å²) in [5, 5.41) is 4.26. The second kappa shape index (κ2) is 4.76. The summed E-state index contributed by atoms with van der Waals surface area (Å²) in [7, 11) is 1.90. The Morgan fingerprint density at radius 3 is 2.88 bits per heavy atom. The van der Waals surface area contributed by atoms with E-state index in [1.807, 2.05) is 38.5 Å². The van der Waals surface area contributed by atoms with E-state index in [0.717, 1.165) is 10.7 Å². The van der Waals surface area contributed by atoms with Crippen LogP contribution < -0.4 is 5.73 Å². The third-order valence-electron chi connectivity index (χ3n) is 2.25. The fourth-order valence-corrected chi connectivity index (χ4v) is 2.56. The molecule has 0 aliphatic heterocycles. The maximum Gasteiger partial charge on any atom is 0.118 e. The molecular formula is C11H15N3OS. The van der Waals surface area contributed by atoms with E-state index in [-0.39, 0.29) is 11.3 Å². The number of aryl methyl sites for hydroxylation is 1. The summed E-state index contributed by atoms with van der Waals surface area (Å²) in [4.78, 5) is 1.10. The van der Waals surface area contributed by atoms with Gasteiger partial charge >= 0.3 is 0 Å². The summed E-state index contributed by atoms with van der Waals surface area (Å²) in [6.07, 6.45) is 5.49. The maximum absolute atomic E-state index is 5.97. The molecule has 5 heteroatoms. The van der Waals surface area contributed by atoms with Gasteiger partial charge in [-0.1, -0.05) is 0 Å². The standard InChI is InChI=1S/C11H15N3OS/c1-8(12)11(10-4-3-5-15-10)16-9-6-13-14(2)7-9/h3-8,11H,12H2,1-2H3. The van der Waals surface area contributed by atoms with Gasteiger partial charge in [0.2, 0.25) is 0 Å². The second-order valence-corrected chi connectivity index (χ2v) is 4.98. The van der Waals surface area contributed by atoms with Crippen molar-refractivity contribution in [2.45, 2.75) is 23.1 Å². The van der Waals surface area contributed by atoms with E-state index in [1.165, 1.54) is 0 Å². The highest BCUT2D eigenvalue weighted by Gasteiger charge is 2.20. The van der Waals surface area contributed by atoms with Crippen molar-refractivity contribution in [3.8, 4) is 0 Å². The molecule has 2 rings (SSSR count). The summed E-state index contributed by atoms with van der Waals surface area (Å²) in [6, 6.07) is 3.86. The SMILES string of the molecule is CC(N)C(Sc1cnn(C)c1)c1ccco1. The maximum atomic E-state index is 5.97. The minimum atomic E-state index is 0.0244. The van der Waals surface area contributed by atoms with Crippen LogP contribution in [0.1, 0.15) is 17.9 Å². The Morgan fingerprint density at radius 1 is 1.56 bits per heavy atom. The molecule has 0 amide bonds. The lowest BCUT2D eigenvalue weighted by atomic mass is 10.2. The minimum absolute atomic E-state index is 0.0244. The molecule has 0 saturated heterocycles. The van der Waals surface area contributed by atoms with Crippen LogP contribution in [0.2, 0.25) is 0 Å². The molecule has 0 saturated carbocycles. The van der Waals surface area contributed by atoms with Gasteiger partial charge in [0, 0.05) is 24.2 Å². The van der Waals surface area contributed by atoms with Crippen molar-refractivity contribution in [3.05, 3.63) is 36.5 Å². The molecule has 86 valence electrons. The Hall–Kier alpha value is -1.20. The van der Waals surface area contributed by atoms with Gasteiger partial charge in [-0.2, -0.15) is 5.10 Å². The molecule has 4 nitrogen and oxygen atoms in total. The first-order chi connectivity index (χ1) is 7.66. The fraction of sp³-hybridized carbons (Fsp3) is 0.364. The molecule has 2 aromatic rings. The number of nitrogens with zero attached hydrogens (tertiary/aromatic N) is 2. The van der Waals surface area contributed by atoms with Crippen LogP contribution in [-0.2, 0) is 7.05 Å². The van der Waals surface area contributed by atoms with Crippen molar-refractivity contribution < 1.29 is 4.42 Å². The zero-order chi connectivity index (χ0) is 11.5. The van der Waals surface area contributed by atoms with Crippen LogP contribution in [0, 0.1) is 0 Å². The number of nitrogens with two attached hydrogens (primary N) is 1. The van der Waals surface area contributed by atoms with Crippen LogP contribution in [0.5, 0.6) is 0 Å². The van der Waals surface area contributed by atoms with E-state index in [9.17, 15) is 0 Å². The van der Waals surface area contributed by atoms with Gasteiger partial charge in [0.05, 0.1) is 17.7 Å². The van der Waals surface area contributed by atoms with Crippen molar-refractivity contribution in [3.63, 3.8) is 0 Å². The molecule has 2 unspecified atom stereocenters. The molecule has 0 bridgehead atoms. The number of thioether (sulfide) groups is 1. The predicted molar refractivity (Wildman–Crippen MR) is 64.2 cm³/mol. The number of rotatable bonds is 4. The first-order valence-electron chi connectivity index (χ1n) is 5.11. The molecule has 0 aliphatic rings. The van der Waals surface area contributed by atoms with Crippen LogP contribution in [0.15, 0.2) is 40.1 Å². The average Bonchev–Trinajstić information content (AvgIpc) is 2.84. The molecule has 2 atom stereocenters. The Kier molecular flexibility index (Phi) is 3.36. The smallest absolute Gasteiger partial charge is 0.118 e. The van der Waals surface area contributed by atoms with Crippen molar-refractivity contribution in [2.75, 3.05) is 0 Å². The topological polar surface area (TPSA) is 57.0 Å². The minimum Gasteiger partial charge on any atom is -0.468 e. The summed E-state index contributed by atoms with van der Waals surface area (Å²) in [6.45, 7) is 1.98. The van der Waals surface area contributed by atoms with Crippen LogP contribution >= 0.6 is 11.8 Å². The number of furan rings is 1. The van der Waals surface area contributed by atoms with E-state index in [4.69, 9.17) is 10.2 Å². The number of hydrogen-bond acceptors (Lipinski definition) is 4. The van der Waals surface area contributed by atoms with Crippen LogP contribution in [0.3, 0.4) is 0 Å². The predicted octanol–water partition coefficient (Wildman–Crippen LogP) is 2.19. The van der Waals surface area contributed by atoms with Gasteiger partial charge in [-0.25, -0.2) is 0 Å². The third-order valence-corrected chi connectivity index (χ3v) is 3.64. The second-order valence-electron chi connectivity index (χ2n) is 3.76. The lowest BCUT2D eigenvalue weighted by Gasteiger charge is -2.16. The van der Waals surface area contributed by atoms with Crippen LogP contribution in [-0.4, -0.2) is 15.8 Å². The molecule has 16 heavy (non-hydrogen) atoms. The first kappa shape index (κ1) is 11.3. The van der Waals surface area contributed by atoms with Gasteiger partial charge in [0.25, 0.3) is 0 Å². The van der Waals surface area contributed by atoms with E-state index in [0.29, 0.717) is 0 Å². The molecule has 2 N–H and O–H groups in total. The Bertz CT molecular complexity index is 436. The average molecular weight is 237 g/mol. The third kappa shape index (κ3) is 2.48. The summed E-state index contributed by atoms with van der Waals surface area (Å²) < 4.78 is 7.19. The molecule has 2 aromatic heterocycles. The number of hydrogen-bond donors (Lipinski definition) is 1. The van der Waals surface area contributed by atoms with Crippen LogP contribution in [0.4, 0.5) is 0 Å². The van der Waals surface area contributed by atoms with Gasteiger partial charge in [-0.15, -0.1) is 11.8 Å². The van der Waals surface area contributed by atoms with Gasteiger partial charge in [0.15, 0.2) is 0 Å². The normalized spacial score (nSPS) is 14.9. The van der Waals surface area contributed by atoms with Gasteiger partial charge in [-0.05, 0) is 19.1 Å². The van der Waals surface area contributed by atoms with Gasteiger partial charge < -0.3 is 10.2 Å². The molecule has 0 aromatic carbocycles.